The van der Waals surface area contributed by atoms with E-state index in [0.717, 1.165) is 11.3 Å². The first kappa shape index (κ1) is 11.3. The third-order valence-corrected chi connectivity index (χ3v) is 3.15. The maximum absolute atomic E-state index is 13.3. The van der Waals surface area contributed by atoms with Crippen molar-refractivity contribution >= 4 is 22.9 Å². The number of rotatable bonds is 2. The molecule has 1 aromatic carbocycles. The van der Waals surface area contributed by atoms with Gasteiger partial charge in [0.2, 0.25) is 0 Å². The first-order valence-corrected chi connectivity index (χ1v) is 5.50. The summed E-state index contributed by atoms with van der Waals surface area (Å²) in [6, 6.07) is 1.19. The third kappa shape index (κ3) is 2.03. The molecular formula is C9H4ClF3N2S. The summed E-state index contributed by atoms with van der Waals surface area (Å²) in [6.07, 6.45) is 0. The minimum Gasteiger partial charge on any atom is -0.207 e. The second kappa shape index (κ2) is 4.39. The van der Waals surface area contributed by atoms with Crippen LogP contribution in [0, 0.1) is 17.5 Å². The van der Waals surface area contributed by atoms with Crippen molar-refractivity contribution in [1.82, 2.24) is 10.2 Å². The lowest BCUT2D eigenvalue weighted by Gasteiger charge is -2.00. The number of benzene rings is 1. The topological polar surface area (TPSA) is 25.8 Å². The van der Waals surface area contributed by atoms with Gasteiger partial charge < -0.3 is 0 Å². The van der Waals surface area contributed by atoms with E-state index in [1.807, 2.05) is 0 Å². The fourth-order valence-electron chi connectivity index (χ4n) is 1.16. The molecule has 2 aromatic rings. The Kier molecular flexibility index (Phi) is 3.11. The van der Waals surface area contributed by atoms with Crippen LogP contribution in [0.5, 0.6) is 0 Å². The molecule has 0 spiro atoms. The van der Waals surface area contributed by atoms with Crippen LogP contribution in [0.1, 0.15) is 5.01 Å². The van der Waals surface area contributed by atoms with Crippen molar-refractivity contribution in [3.05, 3.63) is 34.6 Å². The summed E-state index contributed by atoms with van der Waals surface area (Å²) in [4.78, 5) is 0. The fraction of sp³-hybridized carbons (Fsp3) is 0.111. The molecule has 2 rings (SSSR count). The molecule has 0 amide bonds. The van der Waals surface area contributed by atoms with Crippen molar-refractivity contribution in [3.63, 3.8) is 0 Å². The molecule has 84 valence electrons. The van der Waals surface area contributed by atoms with Crippen molar-refractivity contribution < 1.29 is 13.2 Å². The largest absolute Gasteiger partial charge is 0.207 e. The maximum Gasteiger partial charge on any atom is 0.153 e. The van der Waals surface area contributed by atoms with E-state index in [1.54, 1.807) is 0 Å². The van der Waals surface area contributed by atoms with Crippen LogP contribution in [0.3, 0.4) is 0 Å². The Balaban J connectivity index is 2.55. The zero-order valence-corrected chi connectivity index (χ0v) is 9.25. The summed E-state index contributed by atoms with van der Waals surface area (Å²) in [5, 5.41) is 7.71. The highest BCUT2D eigenvalue weighted by atomic mass is 35.5. The van der Waals surface area contributed by atoms with Gasteiger partial charge in [0.05, 0.1) is 11.4 Å². The van der Waals surface area contributed by atoms with Crippen LogP contribution in [0.4, 0.5) is 13.2 Å². The molecule has 0 aliphatic rings. The van der Waals surface area contributed by atoms with Gasteiger partial charge >= 0.3 is 0 Å². The normalized spacial score (nSPS) is 10.8. The first-order chi connectivity index (χ1) is 7.61. The zero-order valence-electron chi connectivity index (χ0n) is 7.68. The van der Waals surface area contributed by atoms with Crippen LogP contribution >= 0.6 is 22.9 Å². The molecule has 0 aliphatic heterocycles. The van der Waals surface area contributed by atoms with Crippen LogP contribution in [0.2, 0.25) is 0 Å². The SMILES string of the molecule is Fc1cc(F)c(-c2nnc(CCl)s2)c(F)c1. The lowest BCUT2D eigenvalue weighted by molar-refractivity contribution is 0.547. The van der Waals surface area contributed by atoms with Gasteiger partial charge in [0.25, 0.3) is 0 Å². The highest BCUT2D eigenvalue weighted by Crippen LogP contribution is 2.29. The molecule has 7 heteroatoms. The summed E-state index contributed by atoms with van der Waals surface area (Å²) in [7, 11) is 0. The van der Waals surface area contributed by atoms with Crippen molar-refractivity contribution in [2.45, 2.75) is 5.88 Å². The van der Waals surface area contributed by atoms with Crippen molar-refractivity contribution in [2.24, 2.45) is 0 Å². The lowest BCUT2D eigenvalue weighted by atomic mass is 10.2. The molecule has 16 heavy (non-hydrogen) atoms. The number of hydrogen-bond acceptors (Lipinski definition) is 3. The van der Waals surface area contributed by atoms with Gasteiger partial charge in [0.1, 0.15) is 22.5 Å². The number of alkyl halides is 1. The monoisotopic (exact) mass is 264 g/mol. The first-order valence-electron chi connectivity index (χ1n) is 4.15. The lowest BCUT2D eigenvalue weighted by Crippen LogP contribution is -1.91. The molecule has 0 atom stereocenters. The number of halogens is 4. The Bertz CT molecular complexity index is 506. The molecule has 0 fully saturated rings. The zero-order chi connectivity index (χ0) is 11.7. The minimum absolute atomic E-state index is 0.0469. The van der Waals surface area contributed by atoms with E-state index in [4.69, 9.17) is 11.6 Å². The summed E-state index contributed by atoms with van der Waals surface area (Å²) in [5.74, 6) is -2.87. The fourth-order valence-corrected chi connectivity index (χ4v) is 2.11. The highest BCUT2D eigenvalue weighted by Gasteiger charge is 2.17. The standard InChI is InChI=1S/C9H4ClF3N2S/c10-3-7-14-15-9(16-7)8-5(12)1-4(11)2-6(8)13/h1-2H,3H2. The van der Waals surface area contributed by atoms with E-state index in [1.165, 1.54) is 0 Å². The summed E-state index contributed by atoms with van der Waals surface area (Å²) in [5.41, 5.74) is -0.379. The van der Waals surface area contributed by atoms with Gasteiger partial charge in [-0.1, -0.05) is 11.3 Å². The van der Waals surface area contributed by atoms with E-state index >= 15 is 0 Å². The van der Waals surface area contributed by atoms with Crippen molar-refractivity contribution in [3.8, 4) is 10.6 Å². The molecular weight excluding hydrogens is 261 g/mol. The van der Waals surface area contributed by atoms with Crippen LogP contribution in [-0.2, 0) is 5.88 Å². The van der Waals surface area contributed by atoms with E-state index < -0.39 is 17.5 Å². The van der Waals surface area contributed by atoms with Crippen LogP contribution in [0.15, 0.2) is 12.1 Å². The molecule has 0 radical (unpaired) electrons. The van der Waals surface area contributed by atoms with Crippen LogP contribution in [-0.4, -0.2) is 10.2 Å². The molecule has 0 aliphatic carbocycles. The minimum atomic E-state index is -1.00. The quantitative estimate of drug-likeness (QED) is 0.778. The van der Waals surface area contributed by atoms with Gasteiger partial charge in [-0.15, -0.1) is 21.8 Å². The van der Waals surface area contributed by atoms with E-state index in [2.05, 4.69) is 10.2 Å². The summed E-state index contributed by atoms with van der Waals surface area (Å²) < 4.78 is 39.3. The van der Waals surface area contributed by atoms with Crippen LogP contribution in [0.25, 0.3) is 10.6 Å². The van der Waals surface area contributed by atoms with E-state index in [0.29, 0.717) is 17.1 Å². The summed E-state index contributed by atoms with van der Waals surface area (Å²) >= 11 is 6.46. The van der Waals surface area contributed by atoms with Crippen molar-refractivity contribution in [2.75, 3.05) is 0 Å². The second-order valence-corrected chi connectivity index (χ2v) is 4.21. The Labute approximate surface area is 97.7 Å². The number of aromatic nitrogens is 2. The predicted octanol–water partition coefficient (Wildman–Crippen LogP) is 3.36. The molecule has 0 saturated heterocycles. The Hall–Kier alpha value is -1.14. The number of hydrogen-bond donors (Lipinski definition) is 0. The maximum atomic E-state index is 13.3. The molecule has 0 bridgehead atoms. The third-order valence-electron chi connectivity index (χ3n) is 1.80. The van der Waals surface area contributed by atoms with E-state index in [9.17, 15) is 13.2 Å². The Morgan fingerprint density at radius 1 is 1.12 bits per heavy atom. The molecule has 1 aromatic heterocycles. The summed E-state index contributed by atoms with van der Waals surface area (Å²) in [6.45, 7) is 0. The van der Waals surface area contributed by atoms with Gasteiger partial charge in [0, 0.05) is 12.1 Å². The van der Waals surface area contributed by atoms with Crippen molar-refractivity contribution in [1.29, 1.82) is 0 Å². The highest BCUT2D eigenvalue weighted by molar-refractivity contribution is 7.14. The van der Waals surface area contributed by atoms with Gasteiger partial charge in [-0.2, -0.15) is 0 Å². The van der Waals surface area contributed by atoms with Gasteiger partial charge in [-0.3, -0.25) is 0 Å². The van der Waals surface area contributed by atoms with Gasteiger partial charge in [0.15, 0.2) is 5.01 Å². The van der Waals surface area contributed by atoms with Crippen LogP contribution < -0.4 is 0 Å². The molecule has 0 saturated carbocycles. The number of nitrogens with zero attached hydrogens (tertiary/aromatic N) is 2. The molecule has 1 heterocycles. The Morgan fingerprint density at radius 3 is 2.25 bits per heavy atom. The van der Waals surface area contributed by atoms with Gasteiger partial charge in [-0.25, -0.2) is 13.2 Å². The average molecular weight is 265 g/mol. The predicted molar refractivity (Wildman–Crippen MR) is 54.8 cm³/mol. The average Bonchev–Trinajstić information content (AvgIpc) is 2.64. The molecule has 2 nitrogen and oxygen atoms in total. The van der Waals surface area contributed by atoms with E-state index in [-0.39, 0.29) is 16.5 Å². The Morgan fingerprint density at radius 2 is 1.75 bits per heavy atom. The van der Waals surface area contributed by atoms with Gasteiger partial charge in [-0.05, 0) is 0 Å². The second-order valence-electron chi connectivity index (χ2n) is 2.88. The molecule has 0 N–H and O–H groups in total. The smallest absolute Gasteiger partial charge is 0.153 e. The molecule has 0 unspecified atom stereocenters.